The summed E-state index contributed by atoms with van der Waals surface area (Å²) in [6, 6.07) is 0. The first-order valence-corrected chi connectivity index (χ1v) is 8.00. The van der Waals surface area contributed by atoms with Crippen LogP contribution in [0.5, 0.6) is 0 Å². The van der Waals surface area contributed by atoms with Gasteiger partial charge >= 0.3 is 154 Å². The molecule has 0 unspecified atom stereocenters. The van der Waals surface area contributed by atoms with Crippen LogP contribution in [-0.2, 0) is 14.6 Å². The average molecular weight is 385 g/mol. The summed E-state index contributed by atoms with van der Waals surface area (Å²) in [5.74, 6) is 0. The zero-order valence-corrected chi connectivity index (χ0v) is 15.8. The van der Waals surface area contributed by atoms with Gasteiger partial charge in [-0.05, 0) is 6.42 Å². The van der Waals surface area contributed by atoms with Gasteiger partial charge in [0, 0.05) is 0 Å². The van der Waals surface area contributed by atoms with Crippen LogP contribution in [0.15, 0.2) is 0 Å². The van der Waals surface area contributed by atoms with E-state index in [0.717, 1.165) is 12.8 Å². The molecule has 0 aromatic rings. The Labute approximate surface area is 252 Å². The fourth-order valence-electron chi connectivity index (χ4n) is 1.75. The number of hydrogen-bond donors (Lipinski definition) is 0. The standard InChI is InChI=1S/C12H26O4S.3K.2H/c1-2-3-4-5-6-7-8-9-10-11-12-16-17(13,14)15;;;;;/h2-12H2,1H3,(H,13,14,15);;;;;/q;;;+1;;/p-1. The minimum atomic E-state index is -4.48. The zero-order chi connectivity index (χ0) is 13.0. The first-order valence-electron chi connectivity index (χ1n) is 6.66. The number of hydrogen-bond acceptors (Lipinski definition) is 4. The van der Waals surface area contributed by atoms with Gasteiger partial charge < -0.3 is 4.55 Å². The molecule has 0 aromatic heterocycles. The first-order chi connectivity index (χ1) is 8.06. The Morgan fingerprint density at radius 2 is 1.15 bits per heavy atom. The van der Waals surface area contributed by atoms with E-state index >= 15 is 0 Å². The number of rotatable bonds is 12. The van der Waals surface area contributed by atoms with E-state index in [0.29, 0.717) is 6.42 Å². The second-order valence-electron chi connectivity index (χ2n) is 4.41. The molecule has 0 radical (unpaired) electrons. The van der Waals surface area contributed by atoms with E-state index in [4.69, 9.17) is 0 Å². The second-order valence-corrected chi connectivity index (χ2v) is 5.46. The molecule has 0 atom stereocenters. The van der Waals surface area contributed by atoms with Crippen molar-refractivity contribution in [1.29, 1.82) is 0 Å². The Morgan fingerprint density at radius 3 is 1.50 bits per heavy atom. The third-order valence-electron chi connectivity index (χ3n) is 2.73. The quantitative estimate of drug-likeness (QED) is 0.189. The van der Waals surface area contributed by atoms with E-state index in [1.54, 1.807) is 0 Å². The molecule has 0 fully saturated rings. The average Bonchev–Trinajstić information content (AvgIpc) is 2.24. The molecule has 20 heavy (non-hydrogen) atoms. The van der Waals surface area contributed by atoms with E-state index in [1.807, 2.05) is 0 Å². The maximum atomic E-state index is 10.1. The van der Waals surface area contributed by atoms with Gasteiger partial charge in [0.15, 0.2) is 0 Å². The van der Waals surface area contributed by atoms with E-state index < -0.39 is 10.4 Å². The van der Waals surface area contributed by atoms with Crippen molar-refractivity contribution < 1.29 is 68.5 Å². The maximum absolute atomic E-state index is 10.1. The van der Waals surface area contributed by atoms with Crippen LogP contribution in [0.25, 0.3) is 0 Å². The van der Waals surface area contributed by atoms with Gasteiger partial charge in [-0.15, -0.1) is 0 Å². The van der Waals surface area contributed by atoms with Crippen LogP contribution in [-0.4, -0.2) is 122 Å². The summed E-state index contributed by atoms with van der Waals surface area (Å²) in [6.45, 7) is 2.24. The van der Waals surface area contributed by atoms with Crippen molar-refractivity contribution in [2.75, 3.05) is 6.61 Å². The second kappa shape index (κ2) is 23.8. The Balaban J connectivity index is -0.000000427. The molecule has 0 saturated heterocycles. The van der Waals surface area contributed by atoms with Crippen molar-refractivity contribution >= 4 is 113 Å². The Bertz CT molecular complexity index is 261. The van der Waals surface area contributed by atoms with Crippen LogP contribution in [0.2, 0.25) is 0 Å². The van der Waals surface area contributed by atoms with Crippen LogP contribution >= 0.6 is 0 Å². The topological polar surface area (TPSA) is 66.4 Å². The molecule has 0 aromatic carbocycles. The molecule has 0 heterocycles. The predicted octanol–water partition coefficient (Wildman–Crippen LogP) is -0.909. The Kier molecular flexibility index (Phi) is 38.6. The summed E-state index contributed by atoms with van der Waals surface area (Å²) in [4.78, 5) is 0. The summed E-state index contributed by atoms with van der Waals surface area (Å²) in [5.41, 5.74) is 0. The van der Waals surface area contributed by atoms with Crippen LogP contribution in [0, 0.1) is 0 Å². The summed E-state index contributed by atoms with van der Waals surface area (Å²) >= 11 is 0. The molecular formula is C12H27K3O4S. The van der Waals surface area contributed by atoms with Gasteiger partial charge in [-0.25, -0.2) is 8.42 Å². The molecule has 0 aliphatic heterocycles. The van der Waals surface area contributed by atoms with Crippen LogP contribution in [0.3, 0.4) is 0 Å². The van der Waals surface area contributed by atoms with Gasteiger partial charge in [0.05, 0.1) is 6.61 Å². The molecule has 0 aliphatic rings. The van der Waals surface area contributed by atoms with Crippen LogP contribution < -0.4 is 51.4 Å². The Hall–Kier alpha value is 4.78. The first kappa shape index (κ1) is 32.5. The fraction of sp³-hybridized carbons (Fsp3) is 1.00. The minimum absolute atomic E-state index is 0. The van der Waals surface area contributed by atoms with Crippen molar-refractivity contribution in [2.24, 2.45) is 0 Å². The molecule has 0 spiro atoms. The van der Waals surface area contributed by atoms with Crippen LogP contribution in [0.4, 0.5) is 0 Å². The van der Waals surface area contributed by atoms with Crippen molar-refractivity contribution in [3.63, 3.8) is 0 Å². The molecule has 0 rings (SSSR count). The molecule has 0 bridgehead atoms. The van der Waals surface area contributed by atoms with Crippen molar-refractivity contribution in [2.45, 2.75) is 71.1 Å². The van der Waals surface area contributed by atoms with Crippen molar-refractivity contribution in [1.82, 2.24) is 0 Å². The SMILES string of the molecule is CCCCCCCCCCCCOS(=O)(=O)[O-].[K+].[KH].[KH]. The van der Waals surface area contributed by atoms with Crippen LogP contribution in [0.1, 0.15) is 71.1 Å². The normalized spacial score (nSPS) is 10.1. The molecule has 0 amide bonds. The molecule has 8 heteroatoms. The van der Waals surface area contributed by atoms with E-state index in [-0.39, 0.29) is 161 Å². The third kappa shape index (κ3) is 30.6. The van der Waals surface area contributed by atoms with Gasteiger partial charge in [0.2, 0.25) is 10.4 Å². The molecule has 0 aliphatic carbocycles. The van der Waals surface area contributed by atoms with Gasteiger partial charge in [-0.2, -0.15) is 0 Å². The molecule has 0 saturated carbocycles. The van der Waals surface area contributed by atoms with E-state index in [2.05, 4.69) is 11.1 Å². The van der Waals surface area contributed by atoms with Gasteiger partial charge in [0.25, 0.3) is 0 Å². The van der Waals surface area contributed by atoms with Gasteiger partial charge in [0.1, 0.15) is 0 Å². The Morgan fingerprint density at radius 1 is 0.800 bits per heavy atom. The van der Waals surface area contributed by atoms with Crippen molar-refractivity contribution in [3.05, 3.63) is 0 Å². The number of unbranched alkanes of at least 4 members (excludes halogenated alkanes) is 9. The molecule has 108 valence electrons. The predicted molar refractivity (Wildman–Crippen MR) is 81.8 cm³/mol. The summed E-state index contributed by atoms with van der Waals surface area (Å²) in [7, 11) is -4.48. The van der Waals surface area contributed by atoms with Crippen molar-refractivity contribution in [3.8, 4) is 0 Å². The fourth-order valence-corrected chi connectivity index (χ4v) is 2.07. The van der Waals surface area contributed by atoms with E-state index in [9.17, 15) is 13.0 Å². The third-order valence-corrected chi connectivity index (χ3v) is 3.18. The van der Waals surface area contributed by atoms with E-state index in [1.165, 1.54) is 44.9 Å². The summed E-state index contributed by atoms with van der Waals surface area (Å²) < 4.78 is 34.5. The molecular weight excluding hydrogens is 357 g/mol. The zero-order valence-electron chi connectivity index (χ0n) is 11.8. The molecule has 4 nitrogen and oxygen atoms in total. The summed E-state index contributed by atoms with van der Waals surface area (Å²) in [5, 5.41) is 0. The van der Waals surface area contributed by atoms with Gasteiger partial charge in [-0.3, -0.25) is 4.18 Å². The monoisotopic (exact) mass is 384 g/mol. The van der Waals surface area contributed by atoms with Gasteiger partial charge in [-0.1, -0.05) is 64.7 Å². The molecule has 0 N–H and O–H groups in total. The summed E-state index contributed by atoms with van der Waals surface area (Å²) in [6.07, 6.45) is 11.7.